The van der Waals surface area contributed by atoms with E-state index in [0.717, 1.165) is 63.6 Å². The average Bonchev–Trinajstić information content (AvgIpc) is 2.88. The molecule has 0 aliphatic carbocycles. The van der Waals surface area contributed by atoms with Crippen LogP contribution in [0.3, 0.4) is 0 Å². The quantitative estimate of drug-likeness (QED) is 0.576. The molecule has 0 spiro atoms. The van der Waals surface area contributed by atoms with Gasteiger partial charge in [-0.2, -0.15) is 0 Å². The van der Waals surface area contributed by atoms with E-state index < -0.39 is 0 Å². The van der Waals surface area contributed by atoms with Crippen molar-refractivity contribution in [2.45, 2.75) is 45.4 Å². The molecule has 0 aromatic heterocycles. The molecule has 2 aliphatic rings. The topological polar surface area (TPSA) is 43.9 Å². The van der Waals surface area contributed by atoms with E-state index in [1.807, 2.05) is 40.1 Å². The lowest BCUT2D eigenvalue weighted by molar-refractivity contribution is -0.133. The third-order valence-electron chi connectivity index (χ3n) is 7.48. The van der Waals surface area contributed by atoms with Crippen LogP contribution < -0.4 is 4.90 Å². The first-order valence-electron chi connectivity index (χ1n) is 13.0. The first-order valence-corrected chi connectivity index (χ1v) is 13.0. The summed E-state index contributed by atoms with van der Waals surface area (Å²) in [6, 6.07) is 20.9. The van der Waals surface area contributed by atoms with Crippen molar-refractivity contribution in [1.82, 2.24) is 9.80 Å². The van der Waals surface area contributed by atoms with E-state index in [9.17, 15) is 9.59 Å². The second-order valence-corrected chi connectivity index (χ2v) is 9.96. The Hall–Kier alpha value is -2.66. The van der Waals surface area contributed by atoms with E-state index in [-0.39, 0.29) is 17.7 Å². The van der Waals surface area contributed by atoms with Crippen LogP contribution in [0.4, 0.5) is 5.69 Å². The highest BCUT2D eigenvalue weighted by Crippen LogP contribution is 2.25. The number of anilines is 1. The number of hydrogen-bond donors (Lipinski definition) is 0. The molecule has 5 heteroatoms. The van der Waals surface area contributed by atoms with Gasteiger partial charge in [0.25, 0.3) is 0 Å². The number of rotatable bonds is 8. The Bertz CT molecular complexity index is 909. The number of para-hydroxylation sites is 1. The lowest BCUT2D eigenvalue weighted by atomic mass is 9.90. The molecule has 34 heavy (non-hydrogen) atoms. The number of benzene rings is 2. The molecule has 4 rings (SSSR count). The molecule has 1 unspecified atom stereocenters. The molecule has 0 N–H and O–H groups in total. The molecule has 1 atom stereocenters. The minimum absolute atomic E-state index is 0.0689. The number of piperidine rings is 2. The van der Waals surface area contributed by atoms with E-state index in [4.69, 9.17) is 0 Å². The highest BCUT2D eigenvalue weighted by molar-refractivity contribution is 5.95. The standard InChI is InChI=1S/C29H39N3O2/c1-24(33)31-18-8-12-27(23-31)29(34)32(28-13-6-3-7-14-28)19-9-17-30-20-15-26(16-21-30)22-25-10-4-2-5-11-25/h2-7,10-11,13-14,26-27H,8-9,12,15-23H2,1H3. The molecule has 2 aromatic rings. The molecule has 2 heterocycles. The Balaban J connectivity index is 1.29. The second-order valence-electron chi connectivity index (χ2n) is 9.96. The van der Waals surface area contributed by atoms with Crippen LogP contribution in [0.15, 0.2) is 60.7 Å². The number of nitrogens with zero attached hydrogens (tertiary/aromatic N) is 3. The number of carbonyl (C=O) groups is 2. The molecular formula is C29H39N3O2. The predicted molar refractivity (Wildman–Crippen MR) is 138 cm³/mol. The minimum atomic E-state index is -0.105. The van der Waals surface area contributed by atoms with Crippen LogP contribution in [-0.2, 0) is 16.0 Å². The Morgan fingerprint density at radius 1 is 0.912 bits per heavy atom. The van der Waals surface area contributed by atoms with E-state index >= 15 is 0 Å². The zero-order valence-corrected chi connectivity index (χ0v) is 20.6. The summed E-state index contributed by atoms with van der Waals surface area (Å²) in [5, 5.41) is 0. The van der Waals surface area contributed by atoms with E-state index in [2.05, 4.69) is 35.2 Å². The first-order chi connectivity index (χ1) is 16.6. The van der Waals surface area contributed by atoms with Crippen molar-refractivity contribution in [1.29, 1.82) is 0 Å². The van der Waals surface area contributed by atoms with Crippen LogP contribution in [0, 0.1) is 11.8 Å². The summed E-state index contributed by atoms with van der Waals surface area (Å²) in [6.45, 7) is 6.96. The van der Waals surface area contributed by atoms with Gasteiger partial charge in [-0.15, -0.1) is 0 Å². The van der Waals surface area contributed by atoms with Crippen molar-refractivity contribution in [3.63, 3.8) is 0 Å². The van der Waals surface area contributed by atoms with Gasteiger partial charge in [-0.05, 0) is 81.8 Å². The first kappa shape index (κ1) is 24.5. The summed E-state index contributed by atoms with van der Waals surface area (Å²) in [5.41, 5.74) is 2.41. The Morgan fingerprint density at radius 2 is 1.59 bits per heavy atom. The van der Waals surface area contributed by atoms with Crippen molar-refractivity contribution in [2.24, 2.45) is 11.8 Å². The maximum absolute atomic E-state index is 13.5. The molecule has 2 saturated heterocycles. The van der Waals surface area contributed by atoms with Crippen LogP contribution >= 0.6 is 0 Å². The van der Waals surface area contributed by atoms with Gasteiger partial charge in [0.15, 0.2) is 0 Å². The highest BCUT2D eigenvalue weighted by Gasteiger charge is 2.31. The smallest absolute Gasteiger partial charge is 0.231 e. The monoisotopic (exact) mass is 461 g/mol. The maximum atomic E-state index is 13.5. The van der Waals surface area contributed by atoms with Crippen LogP contribution in [0.1, 0.15) is 44.6 Å². The number of likely N-dealkylation sites (tertiary alicyclic amines) is 2. The number of carbonyl (C=O) groups excluding carboxylic acids is 2. The normalized spacial score (nSPS) is 19.7. The minimum Gasteiger partial charge on any atom is -0.342 e. The zero-order chi connectivity index (χ0) is 23.8. The molecular weight excluding hydrogens is 422 g/mol. The molecule has 182 valence electrons. The fourth-order valence-electron chi connectivity index (χ4n) is 5.47. The summed E-state index contributed by atoms with van der Waals surface area (Å²) in [7, 11) is 0. The molecule has 2 fully saturated rings. The number of amides is 2. The van der Waals surface area contributed by atoms with Crippen molar-refractivity contribution in [3.05, 3.63) is 66.2 Å². The van der Waals surface area contributed by atoms with Crippen LogP contribution in [0.25, 0.3) is 0 Å². The lowest BCUT2D eigenvalue weighted by Gasteiger charge is -2.35. The molecule has 0 radical (unpaired) electrons. The van der Waals surface area contributed by atoms with Crippen LogP contribution in [-0.4, -0.2) is 60.9 Å². The van der Waals surface area contributed by atoms with E-state index in [1.54, 1.807) is 6.92 Å². The van der Waals surface area contributed by atoms with Crippen LogP contribution in [0.2, 0.25) is 0 Å². The molecule has 2 aliphatic heterocycles. The average molecular weight is 462 g/mol. The third kappa shape index (κ3) is 6.69. The predicted octanol–water partition coefficient (Wildman–Crippen LogP) is 4.62. The Labute approximate surface area is 204 Å². The molecule has 5 nitrogen and oxygen atoms in total. The largest absolute Gasteiger partial charge is 0.342 e. The third-order valence-corrected chi connectivity index (χ3v) is 7.48. The van der Waals surface area contributed by atoms with Gasteiger partial charge in [0, 0.05) is 32.2 Å². The van der Waals surface area contributed by atoms with Crippen molar-refractivity contribution in [2.75, 3.05) is 44.2 Å². The summed E-state index contributed by atoms with van der Waals surface area (Å²) in [5.74, 6) is 0.904. The summed E-state index contributed by atoms with van der Waals surface area (Å²) in [4.78, 5) is 31.8. The fourth-order valence-corrected chi connectivity index (χ4v) is 5.47. The molecule has 2 aromatic carbocycles. The number of hydrogen-bond acceptors (Lipinski definition) is 3. The van der Waals surface area contributed by atoms with Crippen molar-refractivity contribution >= 4 is 17.5 Å². The van der Waals surface area contributed by atoms with Gasteiger partial charge in [-0.3, -0.25) is 9.59 Å². The highest BCUT2D eigenvalue weighted by atomic mass is 16.2. The summed E-state index contributed by atoms with van der Waals surface area (Å²) < 4.78 is 0. The van der Waals surface area contributed by atoms with Gasteiger partial charge >= 0.3 is 0 Å². The molecule has 0 saturated carbocycles. The molecule has 0 bridgehead atoms. The maximum Gasteiger partial charge on any atom is 0.231 e. The van der Waals surface area contributed by atoms with Crippen LogP contribution in [0.5, 0.6) is 0 Å². The second kappa shape index (κ2) is 12.2. The van der Waals surface area contributed by atoms with Gasteiger partial charge in [-0.1, -0.05) is 48.5 Å². The summed E-state index contributed by atoms with van der Waals surface area (Å²) in [6.07, 6.45) is 6.41. The van der Waals surface area contributed by atoms with Gasteiger partial charge in [0.1, 0.15) is 0 Å². The van der Waals surface area contributed by atoms with E-state index in [0.29, 0.717) is 6.54 Å². The summed E-state index contributed by atoms with van der Waals surface area (Å²) >= 11 is 0. The molecule has 2 amide bonds. The van der Waals surface area contributed by atoms with Gasteiger partial charge in [-0.25, -0.2) is 0 Å². The van der Waals surface area contributed by atoms with Gasteiger partial charge in [0.2, 0.25) is 11.8 Å². The van der Waals surface area contributed by atoms with E-state index in [1.165, 1.54) is 24.8 Å². The SMILES string of the molecule is CC(=O)N1CCCC(C(=O)N(CCCN2CCC(Cc3ccccc3)CC2)c2ccccc2)C1. The van der Waals surface area contributed by atoms with Gasteiger partial charge < -0.3 is 14.7 Å². The van der Waals surface area contributed by atoms with Crippen molar-refractivity contribution < 1.29 is 9.59 Å². The lowest BCUT2D eigenvalue weighted by Crippen LogP contribution is -2.47. The van der Waals surface area contributed by atoms with Crippen molar-refractivity contribution in [3.8, 4) is 0 Å². The fraction of sp³-hybridized carbons (Fsp3) is 0.517. The Morgan fingerprint density at radius 3 is 2.26 bits per heavy atom. The Kier molecular flexibility index (Phi) is 8.75. The van der Waals surface area contributed by atoms with Gasteiger partial charge in [0.05, 0.1) is 5.92 Å². The zero-order valence-electron chi connectivity index (χ0n) is 20.6.